The molecule has 0 saturated carbocycles. The molecule has 0 fully saturated rings. The van der Waals surface area contributed by atoms with Crippen molar-refractivity contribution in [1.82, 2.24) is 15.5 Å². The number of nitrogens with zero attached hydrogens (tertiary/aromatic N) is 2. The van der Waals surface area contributed by atoms with E-state index in [1.807, 2.05) is 0 Å². The van der Waals surface area contributed by atoms with Gasteiger partial charge in [-0.15, -0.1) is 0 Å². The van der Waals surface area contributed by atoms with Gasteiger partial charge in [-0.3, -0.25) is 4.79 Å². The lowest BCUT2D eigenvalue weighted by Gasteiger charge is -2.11. The van der Waals surface area contributed by atoms with E-state index < -0.39 is 0 Å². The molecule has 1 amide bonds. The number of aromatic nitrogens is 2. The fraction of sp³-hybridized carbons (Fsp3) is 0.182. The van der Waals surface area contributed by atoms with E-state index in [9.17, 15) is 4.79 Å². The number of halogens is 2. The smallest absolute Gasteiger partial charge is 0.253 e. The molecule has 1 atom stereocenters. The summed E-state index contributed by atoms with van der Waals surface area (Å²) >= 11 is 9.31. The van der Waals surface area contributed by atoms with Crippen LogP contribution in [0.4, 0.5) is 0 Å². The average molecular weight is 331 g/mol. The maximum absolute atomic E-state index is 12.0. The second-order valence-electron chi connectivity index (χ2n) is 3.59. The first-order chi connectivity index (χ1) is 8.59. The van der Waals surface area contributed by atoms with E-state index in [1.165, 1.54) is 6.39 Å². The van der Waals surface area contributed by atoms with Crippen LogP contribution in [0, 0.1) is 0 Å². The molecule has 7 heteroatoms. The Hall–Kier alpha value is -1.40. The molecule has 0 aliphatic heterocycles. The topological polar surface area (TPSA) is 68.0 Å². The van der Waals surface area contributed by atoms with E-state index in [2.05, 4.69) is 35.9 Å². The summed E-state index contributed by atoms with van der Waals surface area (Å²) < 4.78 is 5.29. The van der Waals surface area contributed by atoms with Crippen LogP contribution in [-0.4, -0.2) is 16.0 Å². The van der Waals surface area contributed by atoms with E-state index in [0.29, 0.717) is 20.9 Å². The molecule has 0 radical (unpaired) electrons. The SMILES string of the molecule is C[C@@H](NC(=O)c1cccc(Br)c1Cl)c1ncon1. The maximum Gasteiger partial charge on any atom is 0.253 e. The van der Waals surface area contributed by atoms with Crippen LogP contribution in [0.1, 0.15) is 29.1 Å². The molecule has 0 spiro atoms. The molecule has 0 aliphatic carbocycles. The number of carbonyl (C=O) groups is 1. The highest BCUT2D eigenvalue weighted by Gasteiger charge is 2.17. The van der Waals surface area contributed by atoms with Gasteiger partial charge in [-0.05, 0) is 35.0 Å². The van der Waals surface area contributed by atoms with Crippen molar-refractivity contribution in [3.05, 3.63) is 45.5 Å². The lowest BCUT2D eigenvalue weighted by molar-refractivity contribution is 0.0938. The standard InChI is InChI=1S/C11H9BrClN3O2/c1-6(10-14-5-18-16-10)15-11(17)7-3-2-4-8(12)9(7)13/h2-6H,1H3,(H,15,17)/t6-/m1/s1. The van der Waals surface area contributed by atoms with E-state index in [4.69, 9.17) is 11.6 Å². The Morgan fingerprint density at radius 1 is 1.56 bits per heavy atom. The van der Waals surface area contributed by atoms with E-state index in [1.54, 1.807) is 25.1 Å². The monoisotopic (exact) mass is 329 g/mol. The van der Waals surface area contributed by atoms with Crippen molar-refractivity contribution in [2.24, 2.45) is 0 Å². The van der Waals surface area contributed by atoms with Gasteiger partial charge in [0.2, 0.25) is 6.39 Å². The van der Waals surface area contributed by atoms with Crippen molar-refractivity contribution in [2.45, 2.75) is 13.0 Å². The Morgan fingerprint density at radius 3 is 3.00 bits per heavy atom. The zero-order valence-corrected chi connectivity index (χ0v) is 11.7. The second kappa shape index (κ2) is 5.49. The summed E-state index contributed by atoms with van der Waals surface area (Å²) in [6.07, 6.45) is 1.21. The van der Waals surface area contributed by atoms with Gasteiger partial charge in [-0.25, -0.2) is 0 Å². The number of hydrogen-bond donors (Lipinski definition) is 1. The number of nitrogens with one attached hydrogen (secondary N) is 1. The Kier molecular flexibility index (Phi) is 3.98. The highest BCUT2D eigenvalue weighted by atomic mass is 79.9. The molecule has 1 aromatic heterocycles. The van der Waals surface area contributed by atoms with Crippen LogP contribution in [0.3, 0.4) is 0 Å². The molecule has 1 heterocycles. The maximum atomic E-state index is 12.0. The number of rotatable bonds is 3. The molecule has 0 unspecified atom stereocenters. The summed E-state index contributed by atoms with van der Waals surface area (Å²) in [6, 6.07) is 4.79. The quantitative estimate of drug-likeness (QED) is 0.939. The Labute approximate surface area is 117 Å². The molecule has 1 N–H and O–H groups in total. The lowest BCUT2D eigenvalue weighted by Crippen LogP contribution is -2.27. The summed E-state index contributed by atoms with van der Waals surface area (Å²) in [4.78, 5) is 15.9. The summed E-state index contributed by atoms with van der Waals surface area (Å²) in [5, 5.41) is 6.77. The molecule has 2 rings (SSSR count). The number of amides is 1. The summed E-state index contributed by atoms with van der Waals surface area (Å²) in [7, 11) is 0. The Balaban J connectivity index is 2.15. The highest BCUT2D eigenvalue weighted by Crippen LogP contribution is 2.26. The lowest BCUT2D eigenvalue weighted by atomic mass is 10.2. The highest BCUT2D eigenvalue weighted by molar-refractivity contribution is 9.10. The van der Waals surface area contributed by atoms with Gasteiger partial charge >= 0.3 is 0 Å². The van der Waals surface area contributed by atoms with Crippen LogP contribution in [0.25, 0.3) is 0 Å². The first kappa shape index (κ1) is 13.0. The van der Waals surface area contributed by atoms with Crippen molar-refractivity contribution in [3.63, 3.8) is 0 Å². The minimum Gasteiger partial charge on any atom is -0.343 e. The third-order valence-corrected chi connectivity index (χ3v) is 3.61. The van der Waals surface area contributed by atoms with Crippen LogP contribution in [0.2, 0.25) is 5.02 Å². The van der Waals surface area contributed by atoms with E-state index >= 15 is 0 Å². The average Bonchev–Trinajstić information content (AvgIpc) is 2.86. The zero-order valence-electron chi connectivity index (χ0n) is 9.35. The molecule has 0 bridgehead atoms. The van der Waals surface area contributed by atoms with Crippen molar-refractivity contribution in [2.75, 3.05) is 0 Å². The number of hydrogen-bond acceptors (Lipinski definition) is 4. The molecule has 18 heavy (non-hydrogen) atoms. The third-order valence-electron chi connectivity index (χ3n) is 2.31. The molecule has 94 valence electrons. The largest absolute Gasteiger partial charge is 0.343 e. The molecule has 0 saturated heterocycles. The second-order valence-corrected chi connectivity index (χ2v) is 4.82. The van der Waals surface area contributed by atoms with Gasteiger partial charge in [-0.1, -0.05) is 22.8 Å². The minimum atomic E-state index is -0.355. The Bertz CT molecular complexity index is 559. The minimum absolute atomic E-state index is 0.293. The van der Waals surface area contributed by atoms with Crippen molar-refractivity contribution in [3.8, 4) is 0 Å². The van der Waals surface area contributed by atoms with Crippen molar-refractivity contribution < 1.29 is 9.32 Å². The van der Waals surface area contributed by atoms with E-state index in [0.717, 1.165) is 0 Å². The zero-order chi connectivity index (χ0) is 13.1. The Morgan fingerprint density at radius 2 is 2.33 bits per heavy atom. The van der Waals surface area contributed by atoms with Crippen LogP contribution < -0.4 is 5.32 Å². The third kappa shape index (κ3) is 2.70. The van der Waals surface area contributed by atoms with Gasteiger partial charge in [0.1, 0.15) is 0 Å². The summed E-state index contributed by atoms with van der Waals surface area (Å²) in [5.41, 5.74) is 0.390. The predicted molar refractivity (Wildman–Crippen MR) is 69.3 cm³/mol. The first-order valence-corrected chi connectivity index (χ1v) is 6.28. The fourth-order valence-electron chi connectivity index (χ4n) is 1.39. The molecule has 2 aromatic rings. The number of carbonyl (C=O) groups excluding carboxylic acids is 1. The van der Waals surface area contributed by atoms with Crippen LogP contribution in [-0.2, 0) is 0 Å². The molecule has 5 nitrogen and oxygen atoms in total. The van der Waals surface area contributed by atoms with Crippen LogP contribution >= 0.6 is 27.5 Å². The van der Waals surface area contributed by atoms with Gasteiger partial charge in [0, 0.05) is 4.47 Å². The fourth-order valence-corrected chi connectivity index (χ4v) is 1.97. The van der Waals surface area contributed by atoms with Gasteiger partial charge < -0.3 is 9.84 Å². The van der Waals surface area contributed by atoms with Gasteiger partial charge in [0.15, 0.2) is 5.82 Å². The van der Waals surface area contributed by atoms with Crippen LogP contribution in [0.5, 0.6) is 0 Å². The van der Waals surface area contributed by atoms with Crippen LogP contribution in [0.15, 0.2) is 33.6 Å². The molecule has 0 aliphatic rings. The van der Waals surface area contributed by atoms with Gasteiger partial charge in [0.05, 0.1) is 16.6 Å². The molecular formula is C11H9BrClN3O2. The normalized spacial score (nSPS) is 12.2. The number of benzene rings is 1. The van der Waals surface area contributed by atoms with E-state index in [-0.39, 0.29) is 11.9 Å². The molecule has 1 aromatic carbocycles. The first-order valence-electron chi connectivity index (χ1n) is 5.10. The van der Waals surface area contributed by atoms with Crippen molar-refractivity contribution in [1.29, 1.82) is 0 Å². The summed E-state index contributed by atoms with van der Waals surface area (Å²) in [5.74, 6) is 0.119. The van der Waals surface area contributed by atoms with Gasteiger partial charge in [-0.2, -0.15) is 4.98 Å². The molecular weight excluding hydrogens is 321 g/mol. The van der Waals surface area contributed by atoms with Crippen molar-refractivity contribution >= 4 is 33.4 Å². The summed E-state index contributed by atoms with van der Waals surface area (Å²) in [6.45, 7) is 1.76. The predicted octanol–water partition coefficient (Wildman–Crippen LogP) is 2.98. The van der Waals surface area contributed by atoms with Gasteiger partial charge in [0.25, 0.3) is 5.91 Å².